The molecule has 0 saturated carbocycles. The third-order valence-corrected chi connectivity index (χ3v) is 5.50. The van der Waals surface area contributed by atoms with Gasteiger partial charge in [-0.3, -0.25) is 4.79 Å². The van der Waals surface area contributed by atoms with Gasteiger partial charge < -0.3 is 24.5 Å². The Morgan fingerprint density at radius 3 is 2.66 bits per heavy atom. The van der Waals surface area contributed by atoms with Gasteiger partial charge in [0.2, 0.25) is 6.79 Å². The minimum absolute atomic E-state index is 0.0685. The lowest BCUT2D eigenvalue weighted by Gasteiger charge is -2.13. The number of H-pyrrole nitrogens is 1. The van der Waals surface area contributed by atoms with Crippen molar-refractivity contribution in [1.82, 2.24) is 10.3 Å². The average Bonchev–Trinajstić information content (AvgIpc) is 3.44. The Labute approximate surface area is 186 Å². The van der Waals surface area contributed by atoms with E-state index in [1.807, 2.05) is 61.5 Å². The summed E-state index contributed by atoms with van der Waals surface area (Å²) >= 11 is 0. The number of aryl methyl sites for hydroxylation is 1. The number of hydrogen-bond donors (Lipinski definition) is 2. The largest absolute Gasteiger partial charge is 0.457 e. The van der Waals surface area contributed by atoms with Gasteiger partial charge in [0, 0.05) is 23.0 Å². The first-order valence-electron chi connectivity index (χ1n) is 10.7. The summed E-state index contributed by atoms with van der Waals surface area (Å²) in [5.74, 6) is 2.62. The molecule has 0 aliphatic carbocycles. The quantitative estimate of drug-likeness (QED) is 0.411. The number of fused-ring (bicyclic) bond motifs is 2. The number of aromatic nitrogens is 1. The first-order valence-corrected chi connectivity index (χ1v) is 10.7. The number of nitrogens with one attached hydrogen (secondary N) is 2. The molecule has 1 amide bonds. The number of amides is 1. The van der Waals surface area contributed by atoms with Gasteiger partial charge >= 0.3 is 0 Å². The van der Waals surface area contributed by atoms with Crippen LogP contribution in [-0.4, -0.2) is 23.7 Å². The van der Waals surface area contributed by atoms with Crippen molar-refractivity contribution in [3.05, 3.63) is 84.1 Å². The Hall–Kier alpha value is -3.93. The van der Waals surface area contributed by atoms with Crippen LogP contribution in [0.3, 0.4) is 0 Å². The summed E-state index contributed by atoms with van der Waals surface area (Å²) in [4.78, 5) is 15.9. The third-order valence-electron chi connectivity index (χ3n) is 5.50. The van der Waals surface area contributed by atoms with E-state index in [9.17, 15) is 4.79 Å². The fourth-order valence-electron chi connectivity index (χ4n) is 3.77. The van der Waals surface area contributed by atoms with Gasteiger partial charge in [0.1, 0.15) is 17.2 Å². The molecule has 6 heteroatoms. The average molecular weight is 428 g/mol. The smallest absolute Gasteiger partial charge is 0.267 e. The number of rotatable bonds is 7. The molecule has 3 aromatic carbocycles. The molecule has 6 nitrogen and oxygen atoms in total. The molecule has 1 aliphatic rings. The Bertz CT molecular complexity index is 1250. The molecule has 32 heavy (non-hydrogen) atoms. The highest BCUT2D eigenvalue weighted by molar-refractivity contribution is 5.98. The lowest BCUT2D eigenvalue weighted by atomic mass is 10.1. The van der Waals surface area contributed by atoms with E-state index in [-0.39, 0.29) is 18.7 Å². The molecule has 2 heterocycles. The molecule has 162 valence electrons. The maximum atomic E-state index is 12.7. The van der Waals surface area contributed by atoms with Crippen molar-refractivity contribution in [2.24, 2.45) is 0 Å². The molecule has 1 atom stereocenters. The van der Waals surface area contributed by atoms with Crippen LogP contribution in [0, 0.1) is 0 Å². The summed E-state index contributed by atoms with van der Waals surface area (Å²) in [5.41, 5.74) is 2.69. The second kappa shape index (κ2) is 8.67. The number of hydrogen-bond acceptors (Lipinski definition) is 4. The lowest BCUT2D eigenvalue weighted by molar-refractivity contribution is 0.0934. The second-order valence-corrected chi connectivity index (χ2v) is 7.95. The molecule has 1 aromatic heterocycles. The predicted octanol–water partition coefficient (Wildman–Crippen LogP) is 5.44. The van der Waals surface area contributed by atoms with Crippen LogP contribution >= 0.6 is 0 Å². The van der Waals surface area contributed by atoms with E-state index >= 15 is 0 Å². The maximum Gasteiger partial charge on any atom is 0.267 e. The summed E-state index contributed by atoms with van der Waals surface area (Å²) in [7, 11) is 0. The number of carbonyl (C=O) groups excluding carboxylic acids is 1. The fourth-order valence-corrected chi connectivity index (χ4v) is 3.77. The summed E-state index contributed by atoms with van der Waals surface area (Å²) < 4.78 is 16.7. The van der Waals surface area contributed by atoms with Crippen molar-refractivity contribution in [1.29, 1.82) is 0 Å². The molecular formula is C26H24N2O4. The highest BCUT2D eigenvalue weighted by Gasteiger charge is 2.15. The van der Waals surface area contributed by atoms with Crippen LogP contribution < -0.4 is 19.5 Å². The zero-order valence-corrected chi connectivity index (χ0v) is 17.8. The zero-order valence-electron chi connectivity index (χ0n) is 17.8. The summed E-state index contributed by atoms with van der Waals surface area (Å²) in [6.07, 6.45) is 1.80. The van der Waals surface area contributed by atoms with Crippen LogP contribution in [0.15, 0.2) is 72.8 Å². The molecule has 4 aromatic rings. The highest BCUT2D eigenvalue weighted by Crippen LogP contribution is 2.37. The Morgan fingerprint density at radius 2 is 1.78 bits per heavy atom. The van der Waals surface area contributed by atoms with Crippen LogP contribution in [0.5, 0.6) is 23.0 Å². The van der Waals surface area contributed by atoms with Crippen molar-refractivity contribution >= 4 is 16.8 Å². The maximum absolute atomic E-state index is 12.7. The molecule has 0 bridgehead atoms. The van der Waals surface area contributed by atoms with Crippen molar-refractivity contribution in [2.45, 2.75) is 25.8 Å². The number of aromatic amines is 1. The molecule has 2 N–H and O–H groups in total. The van der Waals surface area contributed by atoms with Crippen LogP contribution in [0.4, 0.5) is 0 Å². The molecule has 0 fully saturated rings. The second-order valence-electron chi connectivity index (χ2n) is 7.95. The summed E-state index contributed by atoms with van der Waals surface area (Å²) in [5, 5.41) is 3.99. The van der Waals surface area contributed by atoms with Gasteiger partial charge in [0.05, 0.1) is 0 Å². The zero-order chi connectivity index (χ0) is 21.9. The Kier molecular flexibility index (Phi) is 5.42. The van der Waals surface area contributed by atoms with Gasteiger partial charge in [0.15, 0.2) is 11.5 Å². The van der Waals surface area contributed by atoms with Gasteiger partial charge in [0.25, 0.3) is 5.91 Å². The van der Waals surface area contributed by atoms with Crippen molar-refractivity contribution < 1.29 is 19.0 Å². The standard InChI is InChI=1S/C26H24N2O4/c1-17(7-8-18-5-3-2-4-6-18)27-26(29)23-14-19-13-20(9-11-22(19)28-23)32-21-10-12-24-25(15-21)31-16-30-24/h2-6,9-15,17,28H,7-8,16H2,1H3,(H,27,29)/t17-/m1/s1. The van der Waals surface area contributed by atoms with E-state index in [0.717, 1.165) is 23.7 Å². The predicted molar refractivity (Wildman–Crippen MR) is 123 cm³/mol. The fraction of sp³-hybridized carbons (Fsp3) is 0.192. The van der Waals surface area contributed by atoms with Crippen LogP contribution in [0.25, 0.3) is 10.9 Å². The van der Waals surface area contributed by atoms with Gasteiger partial charge in [-0.1, -0.05) is 30.3 Å². The van der Waals surface area contributed by atoms with Crippen LogP contribution in [-0.2, 0) is 6.42 Å². The molecule has 5 rings (SSSR count). The van der Waals surface area contributed by atoms with Gasteiger partial charge in [-0.15, -0.1) is 0 Å². The minimum Gasteiger partial charge on any atom is -0.457 e. The molecule has 1 aliphatic heterocycles. The lowest BCUT2D eigenvalue weighted by Crippen LogP contribution is -2.33. The van der Waals surface area contributed by atoms with Crippen molar-refractivity contribution in [3.8, 4) is 23.0 Å². The normalized spacial score (nSPS) is 13.2. The van der Waals surface area contributed by atoms with Gasteiger partial charge in [-0.25, -0.2) is 0 Å². The first-order chi connectivity index (χ1) is 15.6. The Morgan fingerprint density at radius 1 is 1.00 bits per heavy atom. The van der Waals surface area contributed by atoms with E-state index in [0.29, 0.717) is 28.7 Å². The van der Waals surface area contributed by atoms with E-state index in [2.05, 4.69) is 22.4 Å². The summed E-state index contributed by atoms with van der Waals surface area (Å²) in [6, 6.07) is 23.4. The molecule has 0 saturated heterocycles. The molecule has 0 spiro atoms. The van der Waals surface area contributed by atoms with Crippen LogP contribution in [0.1, 0.15) is 29.4 Å². The monoisotopic (exact) mass is 428 g/mol. The topological polar surface area (TPSA) is 72.6 Å². The Balaban J connectivity index is 1.23. The number of ether oxygens (including phenoxy) is 3. The van der Waals surface area contributed by atoms with Crippen molar-refractivity contribution in [3.63, 3.8) is 0 Å². The van der Waals surface area contributed by atoms with E-state index in [1.54, 1.807) is 6.07 Å². The van der Waals surface area contributed by atoms with E-state index in [4.69, 9.17) is 14.2 Å². The number of carbonyl (C=O) groups is 1. The molecule has 0 unspecified atom stereocenters. The third kappa shape index (κ3) is 4.39. The molecule has 0 radical (unpaired) electrons. The summed E-state index contributed by atoms with van der Waals surface area (Å²) in [6.45, 7) is 2.25. The number of benzene rings is 3. The van der Waals surface area contributed by atoms with Crippen molar-refractivity contribution in [2.75, 3.05) is 6.79 Å². The minimum atomic E-state index is -0.111. The van der Waals surface area contributed by atoms with Gasteiger partial charge in [-0.05, 0) is 61.7 Å². The van der Waals surface area contributed by atoms with Gasteiger partial charge in [-0.2, -0.15) is 0 Å². The van der Waals surface area contributed by atoms with E-state index in [1.165, 1.54) is 5.56 Å². The highest BCUT2D eigenvalue weighted by atomic mass is 16.7. The van der Waals surface area contributed by atoms with E-state index < -0.39 is 0 Å². The molecular weight excluding hydrogens is 404 g/mol. The van der Waals surface area contributed by atoms with Crippen LogP contribution in [0.2, 0.25) is 0 Å². The first kappa shape index (κ1) is 20.0. The SMILES string of the molecule is C[C@H](CCc1ccccc1)NC(=O)c1cc2cc(Oc3ccc4c(c3)OCO4)ccc2[nH]1.